The van der Waals surface area contributed by atoms with Crippen LogP contribution in [-0.2, 0) is 6.18 Å². The molecule has 0 aliphatic carbocycles. The Hall–Kier alpha value is -3.41. The number of pyridine rings is 1. The summed E-state index contributed by atoms with van der Waals surface area (Å²) in [7, 11) is 0. The number of ether oxygens (including phenoxy) is 1. The summed E-state index contributed by atoms with van der Waals surface area (Å²) in [5, 5.41) is 23.5. The molecule has 9 nitrogen and oxygen atoms in total. The second-order valence-electron chi connectivity index (χ2n) is 6.93. The Morgan fingerprint density at radius 2 is 2.10 bits per heavy atom. The lowest BCUT2D eigenvalue weighted by atomic mass is 10.1. The van der Waals surface area contributed by atoms with E-state index in [1.54, 1.807) is 25.3 Å². The summed E-state index contributed by atoms with van der Waals surface area (Å²) < 4.78 is 48.1. The molecule has 164 valence electrons. The van der Waals surface area contributed by atoms with Gasteiger partial charge < -0.3 is 15.2 Å². The van der Waals surface area contributed by atoms with E-state index in [1.807, 2.05) is 6.92 Å². The van der Waals surface area contributed by atoms with Crippen molar-refractivity contribution >= 4 is 22.5 Å². The van der Waals surface area contributed by atoms with Crippen molar-refractivity contribution in [2.45, 2.75) is 32.5 Å². The van der Waals surface area contributed by atoms with Crippen molar-refractivity contribution in [2.75, 3.05) is 18.5 Å². The molecule has 4 heterocycles. The van der Waals surface area contributed by atoms with Crippen molar-refractivity contribution in [3.8, 4) is 17.1 Å². The number of alkyl halides is 3. The van der Waals surface area contributed by atoms with Crippen LogP contribution in [0.15, 0.2) is 24.5 Å². The minimum atomic E-state index is -4.68. The van der Waals surface area contributed by atoms with Crippen molar-refractivity contribution in [3.63, 3.8) is 0 Å². The lowest BCUT2D eigenvalue weighted by molar-refractivity contribution is -0.137. The van der Waals surface area contributed by atoms with Gasteiger partial charge in [-0.1, -0.05) is 0 Å². The largest absolute Gasteiger partial charge is 0.492 e. The molecule has 0 amide bonds. The number of aliphatic hydroxyl groups excluding tert-OH is 1. The van der Waals surface area contributed by atoms with Crippen LogP contribution in [0.25, 0.3) is 27.9 Å². The summed E-state index contributed by atoms with van der Waals surface area (Å²) >= 11 is 0. The van der Waals surface area contributed by atoms with E-state index in [-0.39, 0.29) is 30.0 Å². The van der Waals surface area contributed by atoms with Gasteiger partial charge >= 0.3 is 6.18 Å². The maximum Gasteiger partial charge on any atom is 0.420 e. The third-order valence-corrected chi connectivity index (χ3v) is 4.68. The first-order chi connectivity index (χ1) is 14.8. The fourth-order valence-electron chi connectivity index (χ4n) is 3.26. The molecule has 0 saturated carbocycles. The third kappa shape index (κ3) is 3.98. The second-order valence-corrected chi connectivity index (χ2v) is 6.93. The topological polar surface area (TPSA) is 113 Å². The van der Waals surface area contributed by atoms with Gasteiger partial charge in [0.2, 0.25) is 5.95 Å². The van der Waals surface area contributed by atoms with Gasteiger partial charge in [0, 0.05) is 18.8 Å². The van der Waals surface area contributed by atoms with Crippen molar-refractivity contribution in [2.24, 2.45) is 0 Å². The van der Waals surface area contributed by atoms with E-state index in [2.05, 4.69) is 30.6 Å². The number of anilines is 1. The lowest BCUT2D eigenvalue weighted by Gasteiger charge is -2.15. The monoisotopic (exact) mass is 435 g/mol. The summed E-state index contributed by atoms with van der Waals surface area (Å²) in [6.45, 7) is 4.01. The molecule has 0 aliphatic rings. The molecular weight excluding hydrogens is 415 g/mol. The van der Waals surface area contributed by atoms with Crippen molar-refractivity contribution < 1.29 is 23.0 Å². The van der Waals surface area contributed by atoms with Crippen LogP contribution in [0.2, 0.25) is 0 Å². The highest BCUT2D eigenvalue weighted by Gasteiger charge is 2.37. The average Bonchev–Trinajstić information content (AvgIpc) is 3.26. The number of hydrogen-bond acceptors (Lipinski definition) is 7. The molecule has 0 aliphatic heterocycles. The molecule has 3 N–H and O–H groups in total. The van der Waals surface area contributed by atoms with Gasteiger partial charge in [0.05, 0.1) is 23.7 Å². The number of rotatable bonds is 7. The molecule has 12 heteroatoms. The minimum Gasteiger partial charge on any atom is -0.492 e. The predicted octanol–water partition coefficient (Wildman–Crippen LogP) is 3.27. The number of H-pyrrole nitrogens is 1. The molecule has 0 spiro atoms. The van der Waals surface area contributed by atoms with Crippen LogP contribution in [0.1, 0.15) is 25.8 Å². The lowest BCUT2D eigenvalue weighted by Crippen LogP contribution is -2.19. The molecule has 0 saturated heterocycles. The van der Waals surface area contributed by atoms with Crippen LogP contribution in [-0.4, -0.2) is 54.1 Å². The van der Waals surface area contributed by atoms with Gasteiger partial charge in [-0.15, -0.1) is 5.10 Å². The first kappa shape index (κ1) is 20.8. The fraction of sp³-hybridized carbons (Fsp3) is 0.368. The predicted molar refractivity (Wildman–Crippen MR) is 107 cm³/mol. The molecule has 4 rings (SSSR count). The molecule has 0 bridgehead atoms. The van der Waals surface area contributed by atoms with Gasteiger partial charge in [-0.3, -0.25) is 5.10 Å². The van der Waals surface area contributed by atoms with Crippen LogP contribution < -0.4 is 10.1 Å². The Kier molecular flexibility index (Phi) is 5.39. The molecule has 4 aromatic heterocycles. The van der Waals surface area contributed by atoms with Crippen LogP contribution in [0.5, 0.6) is 5.75 Å². The fourth-order valence-corrected chi connectivity index (χ4v) is 3.26. The highest BCUT2D eigenvalue weighted by atomic mass is 19.4. The Labute approximate surface area is 174 Å². The molecule has 4 aromatic rings. The van der Waals surface area contributed by atoms with Gasteiger partial charge in [0.25, 0.3) is 0 Å². The highest BCUT2D eigenvalue weighted by Crippen LogP contribution is 2.38. The zero-order valence-corrected chi connectivity index (χ0v) is 16.7. The van der Waals surface area contributed by atoms with Gasteiger partial charge in [-0.25, -0.2) is 14.5 Å². The Morgan fingerprint density at radius 1 is 1.29 bits per heavy atom. The van der Waals surface area contributed by atoms with E-state index in [9.17, 15) is 13.2 Å². The third-order valence-electron chi connectivity index (χ3n) is 4.68. The Balaban J connectivity index is 1.87. The van der Waals surface area contributed by atoms with Crippen molar-refractivity contribution in [1.82, 2.24) is 29.8 Å². The van der Waals surface area contributed by atoms with Crippen LogP contribution in [0.4, 0.5) is 19.1 Å². The Morgan fingerprint density at radius 3 is 2.81 bits per heavy atom. The smallest absolute Gasteiger partial charge is 0.420 e. The van der Waals surface area contributed by atoms with E-state index < -0.39 is 11.7 Å². The number of nitrogens with one attached hydrogen (secondary N) is 2. The molecule has 0 fully saturated rings. The highest BCUT2D eigenvalue weighted by molar-refractivity contribution is 6.02. The van der Waals surface area contributed by atoms with E-state index in [4.69, 9.17) is 9.84 Å². The van der Waals surface area contributed by atoms with Gasteiger partial charge in [0.15, 0.2) is 5.65 Å². The molecule has 31 heavy (non-hydrogen) atoms. The minimum absolute atomic E-state index is 0.00945. The van der Waals surface area contributed by atoms with E-state index in [0.717, 1.165) is 6.20 Å². The number of aromatic nitrogens is 6. The first-order valence-electron chi connectivity index (χ1n) is 9.63. The van der Waals surface area contributed by atoms with Gasteiger partial charge in [0.1, 0.15) is 22.7 Å². The SMILES string of the molecule is CCOc1ccc2c3c(-c4nc(N[C@@H](C)CCO)ncc4C(F)(F)F)n[nH]c3nn2c1. The van der Waals surface area contributed by atoms with Crippen LogP contribution >= 0.6 is 0 Å². The summed E-state index contributed by atoms with van der Waals surface area (Å²) in [6, 6.07) is 3.18. The van der Waals surface area contributed by atoms with E-state index >= 15 is 0 Å². The first-order valence-corrected chi connectivity index (χ1v) is 9.63. The Bertz CT molecular complexity index is 1220. The summed E-state index contributed by atoms with van der Waals surface area (Å²) in [4.78, 5) is 7.92. The molecule has 1 atom stereocenters. The quantitative estimate of drug-likeness (QED) is 0.408. The maximum absolute atomic E-state index is 13.7. The number of fused-ring (bicyclic) bond motifs is 3. The molecule has 0 radical (unpaired) electrons. The zero-order chi connectivity index (χ0) is 22.2. The number of nitrogens with zero attached hydrogens (tertiary/aromatic N) is 5. The number of hydrogen-bond donors (Lipinski definition) is 3. The summed E-state index contributed by atoms with van der Waals surface area (Å²) in [5.41, 5.74) is -0.486. The molecule has 0 unspecified atom stereocenters. The summed E-state index contributed by atoms with van der Waals surface area (Å²) in [5.74, 6) is 0.590. The molecular formula is C19H20F3N7O2. The van der Waals surface area contributed by atoms with Gasteiger partial charge in [-0.05, 0) is 32.4 Å². The van der Waals surface area contributed by atoms with Crippen LogP contribution in [0, 0.1) is 0 Å². The summed E-state index contributed by atoms with van der Waals surface area (Å²) in [6.07, 6.45) is -1.91. The van der Waals surface area contributed by atoms with Crippen LogP contribution in [0.3, 0.4) is 0 Å². The normalized spacial score (nSPS) is 13.1. The van der Waals surface area contributed by atoms with Crippen molar-refractivity contribution in [1.29, 1.82) is 0 Å². The zero-order valence-electron chi connectivity index (χ0n) is 16.7. The standard InChI is InChI=1S/C19H20F3N7O2/c1-3-31-11-4-5-13-14-16(26-27-17(14)28-29(13)9-11)15-12(19(20,21)22)8-23-18(25-15)24-10(2)6-7-30/h4-5,8-10,30H,3,6-7H2,1-2H3,(H,27,28)(H,23,24,25)/t10-/m0/s1. The molecule has 0 aromatic carbocycles. The average molecular weight is 435 g/mol. The van der Waals surface area contributed by atoms with Crippen molar-refractivity contribution in [3.05, 3.63) is 30.1 Å². The van der Waals surface area contributed by atoms with E-state index in [0.29, 0.717) is 35.3 Å². The van der Waals surface area contributed by atoms with Gasteiger partial charge in [-0.2, -0.15) is 18.3 Å². The number of halogens is 3. The second kappa shape index (κ2) is 8.02. The number of aliphatic hydroxyl groups is 1. The number of aromatic amines is 1. The van der Waals surface area contributed by atoms with E-state index in [1.165, 1.54) is 4.52 Å². The maximum atomic E-state index is 13.7.